The molecule has 0 atom stereocenters. The van der Waals surface area contributed by atoms with E-state index in [9.17, 15) is 13.2 Å². The molecule has 0 fully saturated rings. The van der Waals surface area contributed by atoms with Crippen LogP contribution in [0.15, 0.2) is 6.07 Å². The minimum absolute atomic E-state index is 0.0656. The number of nitrogens with zero attached hydrogens (tertiary/aromatic N) is 2. The summed E-state index contributed by atoms with van der Waals surface area (Å²) >= 11 is 0. The van der Waals surface area contributed by atoms with E-state index in [0.29, 0.717) is 6.54 Å². The van der Waals surface area contributed by atoms with E-state index in [1.54, 1.807) is 6.92 Å². The molecule has 0 aliphatic rings. The number of halogens is 3. The SMILES string of the molecule is CCNc1nc(NCCOCCO)cc(C(F)(F)F)n1. The van der Waals surface area contributed by atoms with Crippen molar-refractivity contribution < 1.29 is 23.0 Å². The molecule has 0 saturated carbocycles. The lowest BCUT2D eigenvalue weighted by molar-refractivity contribution is -0.141. The van der Waals surface area contributed by atoms with E-state index < -0.39 is 11.9 Å². The van der Waals surface area contributed by atoms with Crippen molar-refractivity contribution >= 4 is 11.8 Å². The third-order valence-corrected chi connectivity index (χ3v) is 2.14. The number of rotatable bonds is 8. The summed E-state index contributed by atoms with van der Waals surface area (Å²) in [4.78, 5) is 7.32. The van der Waals surface area contributed by atoms with Gasteiger partial charge in [-0.25, -0.2) is 4.98 Å². The highest BCUT2D eigenvalue weighted by molar-refractivity contribution is 5.43. The zero-order valence-electron chi connectivity index (χ0n) is 11.0. The van der Waals surface area contributed by atoms with E-state index in [1.807, 2.05) is 0 Å². The van der Waals surface area contributed by atoms with Gasteiger partial charge in [-0.1, -0.05) is 0 Å². The lowest BCUT2D eigenvalue weighted by atomic mass is 10.3. The molecule has 114 valence electrons. The van der Waals surface area contributed by atoms with Gasteiger partial charge < -0.3 is 20.5 Å². The quantitative estimate of drug-likeness (QED) is 0.628. The number of aliphatic hydroxyl groups is 1. The van der Waals surface area contributed by atoms with Gasteiger partial charge in [-0.05, 0) is 6.92 Å². The average molecular weight is 294 g/mol. The van der Waals surface area contributed by atoms with Crippen LogP contribution in [0.1, 0.15) is 12.6 Å². The minimum atomic E-state index is -4.53. The van der Waals surface area contributed by atoms with Crippen molar-refractivity contribution in [1.29, 1.82) is 0 Å². The van der Waals surface area contributed by atoms with E-state index in [4.69, 9.17) is 9.84 Å². The van der Waals surface area contributed by atoms with Crippen LogP contribution in [0.3, 0.4) is 0 Å². The third kappa shape index (κ3) is 5.57. The van der Waals surface area contributed by atoms with E-state index in [2.05, 4.69) is 20.6 Å². The number of aromatic nitrogens is 2. The fraction of sp³-hybridized carbons (Fsp3) is 0.636. The molecular weight excluding hydrogens is 277 g/mol. The molecule has 0 unspecified atom stereocenters. The van der Waals surface area contributed by atoms with E-state index in [-0.39, 0.29) is 38.1 Å². The predicted molar refractivity (Wildman–Crippen MR) is 67.6 cm³/mol. The first-order valence-electron chi connectivity index (χ1n) is 6.10. The fourth-order valence-corrected chi connectivity index (χ4v) is 1.34. The van der Waals surface area contributed by atoms with Crippen molar-refractivity contribution in [3.63, 3.8) is 0 Å². The molecular formula is C11H17F3N4O2. The van der Waals surface area contributed by atoms with Crippen LogP contribution >= 0.6 is 0 Å². The number of ether oxygens (including phenoxy) is 1. The molecule has 0 saturated heterocycles. The van der Waals surface area contributed by atoms with Gasteiger partial charge in [0, 0.05) is 19.2 Å². The molecule has 0 spiro atoms. The Kier molecular flexibility index (Phi) is 6.46. The molecule has 9 heteroatoms. The first kappa shape index (κ1) is 16.4. The Bertz CT molecular complexity index is 415. The van der Waals surface area contributed by atoms with Gasteiger partial charge in [-0.3, -0.25) is 0 Å². The van der Waals surface area contributed by atoms with Gasteiger partial charge in [0.25, 0.3) is 0 Å². The number of hydrogen-bond acceptors (Lipinski definition) is 6. The van der Waals surface area contributed by atoms with Gasteiger partial charge in [-0.2, -0.15) is 18.2 Å². The Morgan fingerprint density at radius 1 is 1.25 bits per heavy atom. The lowest BCUT2D eigenvalue weighted by Gasteiger charge is -2.12. The number of aliphatic hydroxyl groups excluding tert-OH is 1. The maximum atomic E-state index is 12.7. The molecule has 1 heterocycles. The van der Waals surface area contributed by atoms with Crippen LogP contribution in [0.4, 0.5) is 24.9 Å². The Morgan fingerprint density at radius 2 is 2.00 bits per heavy atom. The first-order valence-corrected chi connectivity index (χ1v) is 6.10. The van der Waals surface area contributed by atoms with E-state index in [0.717, 1.165) is 6.07 Å². The van der Waals surface area contributed by atoms with Gasteiger partial charge in [0.15, 0.2) is 5.69 Å². The largest absolute Gasteiger partial charge is 0.433 e. The summed E-state index contributed by atoms with van der Waals surface area (Å²) in [7, 11) is 0. The molecule has 1 aromatic heterocycles. The van der Waals surface area contributed by atoms with Crippen molar-refractivity contribution in [2.45, 2.75) is 13.1 Å². The molecule has 6 nitrogen and oxygen atoms in total. The summed E-state index contributed by atoms with van der Waals surface area (Å²) in [5.74, 6) is -0.0167. The normalized spacial score (nSPS) is 11.4. The second kappa shape index (κ2) is 7.85. The van der Waals surface area contributed by atoms with Crippen LogP contribution in [0.5, 0.6) is 0 Å². The maximum absolute atomic E-state index is 12.7. The number of anilines is 2. The van der Waals surface area contributed by atoms with Crippen molar-refractivity contribution in [3.05, 3.63) is 11.8 Å². The molecule has 0 aromatic carbocycles. The standard InChI is InChI=1S/C11H17F3N4O2/c1-2-15-10-17-8(11(12,13)14)7-9(18-10)16-3-5-20-6-4-19/h7,19H,2-6H2,1H3,(H2,15,16,17,18). The Hall–Kier alpha value is -1.61. The van der Waals surface area contributed by atoms with Gasteiger partial charge in [0.2, 0.25) is 5.95 Å². The molecule has 3 N–H and O–H groups in total. The van der Waals surface area contributed by atoms with Crippen LogP contribution < -0.4 is 10.6 Å². The molecule has 1 rings (SSSR count). The highest BCUT2D eigenvalue weighted by atomic mass is 19.4. The zero-order chi connectivity index (χ0) is 15.0. The smallest absolute Gasteiger partial charge is 0.394 e. The Balaban J connectivity index is 2.71. The molecule has 0 bridgehead atoms. The van der Waals surface area contributed by atoms with Crippen molar-refractivity contribution in [3.8, 4) is 0 Å². The molecule has 20 heavy (non-hydrogen) atoms. The minimum Gasteiger partial charge on any atom is -0.394 e. The lowest BCUT2D eigenvalue weighted by Crippen LogP contribution is -2.16. The highest BCUT2D eigenvalue weighted by Crippen LogP contribution is 2.29. The van der Waals surface area contributed by atoms with Crippen molar-refractivity contribution in [1.82, 2.24) is 9.97 Å². The summed E-state index contributed by atoms with van der Waals surface area (Å²) in [5.41, 5.74) is -1.01. The maximum Gasteiger partial charge on any atom is 0.433 e. The van der Waals surface area contributed by atoms with Crippen LogP contribution in [0.25, 0.3) is 0 Å². The summed E-state index contributed by atoms with van der Waals surface area (Å²) in [6.07, 6.45) is -4.53. The van der Waals surface area contributed by atoms with Gasteiger partial charge in [0.05, 0.1) is 19.8 Å². The summed E-state index contributed by atoms with van der Waals surface area (Å²) in [6.45, 7) is 2.76. The number of hydrogen-bond donors (Lipinski definition) is 3. The average Bonchev–Trinajstić information content (AvgIpc) is 2.38. The highest BCUT2D eigenvalue weighted by Gasteiger charge is 2.33. The molecule has 0 radical (unpaired) electrons. The Morgan fingerprint density at radius 3 is 2.60 bits per heavy atom. The van der Waals surface area contributed by atoms with E-state index in [1.165, 1.54) is 0 Å². The van der Waals surface area contributed by atoms with E-state index >= 15 is 0 Å². The summed E-state index contributed by atoms with van der Waals surface area (Å²) in [6, 6.07) is 0.840. The molecule has 1 aromatic rings. The second-order valence-corrected chi connectivity index (χ2v) is 3.75. The van der Waals surface area contributed by atoms with Gasteiger partial charge in [0.1, 0.15) is 5.82 Å². The Labute approximate surface area is 114 Å². The van der Waals surface area contributed by atoms with Crippen molar-refractivity contribution in [2.75, 3.05) is 43.5 Å². The van der Waals surface area contributed by atoms with Crippen LogP contribution in [-0.4, -0.2) is 48.0 Å². The fourth-order valence-electron chi connectivity index (χ4n) is 1.34. The summed E-state index contributed by atoms with van der Waals surface area (Å²) < 4.78 is 43.0. The van der Waals surface area contributed by atoms with Gasteiger partial charge >= 0.3 is 6.18 Å². The second-order valence-electron chi connectivity index (χ2n) is 3.75. The number of alkyl halides is 3. The first-order chi connectivity index (χ1) is 9.47. The third-order valence-electron chi connectivity index (χ3n) is 2.14. The van der Waals surface area contributed by atoms with Crippen LogP contribution in [0.2, 0.25) is 0 Å². The molecule has 0 aliphatic carbocycles. The van der Waals surface area contributed by atoms with Gasteiger partial charge in [-0.15, -0.1) is 0 Å². The molecule has 0 amide bonds. The number of nitrogens with one attached hydrogen (secondary N) is 2. The molecule has 0 aliphatic heterocycles. The monoisotopic (exact) mass is 294 g/mol. The van der Waals surface area contributed by atoms with Crippen LogP contribution in [0, 0.1) is 0 Å². The van der Waals surface area contributed by atoms with Crippen molar-refractivity contribution in [2.24, 2.45) is 0 Å². The zero-order valence-corrected chi connectivity index (χ0v) is 11.0. The summed E-state index contributed by atoms with van der Waals surface area (Å²) in [5, 5.41) is 13.9. The topological polar surface area (TPSA) is 79.3 Å². The van der Waals surface area contributed by atoms with Crippen LogP contribution in [-0.2, 0) is 10.9 Å². The predicted octanol–water partition coefficient (Wildman–Crippen LogP) is 1.35.